The molecule has 5 nitrogen and oxygen atoms in total. The van der Waals surface area contributed by atoms with Crippen LogP contribution in [-0.2, 0) is 9.59 Å². The molecule has 2 unspecified atom stereocenters. The standard InChI is InChI=1S/C19H20N2O3/c22-18-11-15(13-21(18)16-5-2-1-3-6-16)19(23)20-9-8-14(12-20)17-7-4-10-24-17/h1-7,10,14-15H,8-9,11-13H2. The Balaban J connectivity index is 1.42. The van der Waals surface area contributed by atoms with Crippen LogP contribution in [0.25, 0.3) is 0 Å². The van der Waals surface area contributed by atoms with Gasteiger partial charge in [0, 0.05) is 37.7 Å². The summed E-state index contributed by atoms with van der Waals surface area (Å²) in [5.41, 5.74) is 0.868. The third-order valence-corrected chi connectivity index (χ3v) is 4.99. The van der Waals surface area contributed by atoms with E-state index in [1.807, 2.05) is 47.4 Å². The highest BCUT2D eigenvalue weighted by molar-refractivity contribution is 6.00. The van der Waals surface area contributed by atoms with Crippen molar-refractivity contribution in [2.24, 2.45) is 5.92 Å². The highest BCUT2D eigenvalue weighted by atomic mass is 16.3. The molecule has 2 amide bonds. The Morgan fingerprint density at radius 2 is 1.92 bits per heavy atom. The predicted octanol–water partition coefficient (Wildman–Crippen LogP) is 2.65. The van der Waals surface area contributed by atoms with Crippen LogP contribution < -0.4 is 4.90 Å². The summed E-state index contributed by atoms with van der Waals surface area (Å²) in [4.78, 5) is 28.7. The van der Waals surface area contributed by atoms with Gasteiger partial charge in [-0.1, -0.05) is 18.2 Å². The fraction of sp³-hybridized carbons (Fsp3) is 0.368. The second-order valence-electron chi connectivity index (χ2n) is 6.53. The number of hydrogen-bond acceptors (Lipinski definition) is 3. The van der Waals surface area contributed by atoms with Crippen molar-refractivity contribution in [1.29, 1.82) is 0 Å². The molecule has 0 N–H and O–H groups in total. The van der Waals surface area contributed by atoms with E-state index in [9.17, 15) is 9.59 Å². The number of carbonyl (C=O) groups excluding carboxylic acids is 2. The second-order valence-corrected chi connectivity index (χ2v) is 6.53. The van der Waals surface area contributed by atoms with Crippen LogP contribution in [0.3, 0.4) is 0 Å². The number of hydrogen-bond donors (Lipinski definition) is 0. The van der Waals surface area contributed by atoms with Gasteiger partial charge in [0.2, 0.25) is 11.8 Å². The van der Waals surface area contributed by atoms with Gasteiger partial charge in [-0.05, 0) is 30.7 Å². The first-order valence-electron chi connectivity index (χ1n) is 8.40. The minimum Gasteiger partial charge on any atom is -0.469 e. The SMILES string of the molecule is O=C(C1CC(=O)N(c2ccccc2)C1)N1CCC(c2ccco2)C1. The molecule has 4 rings (SSSR count). The zero-order valence-electron chi connectivity index (χ0n) is 13.4. The maximum atomic E-state index is 12.8. The number of para-hydroxylation sites is 1. The van der Waals surface area contributed by atoms with Gasteiger partial charge in [-0.3, -0.25) is 9.59 Å². The summed E-state index contributed by atoms with van der Waals surface area (Å²) >= 11 is 0. The summed E-state index contributed by atoms with van der Waals surface area (Å²) in [5.74, 6) is 1.09. The largest absolute Gasteiger partial charge is 0.469 e. The molecule has 2 fully saturated rings. The molecule has 0 aliphatic carbocycles. The summed E-state index contributed by atoms with van der Waals surface area (Å²) in [5, 5.41) is 0. The molecule has 0 spiro atoms. The van der Waals surface area contributed by atoms with Crippen LogP contribution in [0.1, 0.15) is 24.5 Å². The molecule has 0 saturated carbocycles. The second kappa shape index (κ2) is 6.15. The number of benzene rings is 1. The quantitative estimate of drug-likeness (QED) is 0.872. The Morgan fingerprint density at radius 3 is 2.67 bits per heavy atom. The molecule has 2 aliphatic heterocycles. The van der Waals surface area contributed by atoms with Crippen LogP contribution >= 0.6 is 0 Å². The normalized spacial score (nSPS) is 23.9. The van der Waals surface area contributed by atoms with Crippen molar-refractivity contribution >= 4 is 17.5 Å². The number of furan rings is 1. The average Bonchev–Trinajstić information content (AvgIpc) is 3.35. The lowest BCUT2D eigenvalue weighted by Crippen LogP contribution is -2.35. The van der Waals surface area contributed by atoms with E-state index in [-0.39, 0.29) is 23.7 Å². The van der Waals surface area contributed by atoms with Crippen LogP contribution in [0.15, 0.2) is 53.1 Å². The third kappa shape index (κ3) is 2.70. The Morgan fingerprint density at radius 1 is 1.08 bits per heavy atom. The monoisotopic (exact) mass is 324 g/mol. The van der Waals surface area contributed by atoms with Crippen molar-refractivity contribution in [3.63, 3.8) is 0 Å². The highest BCUT2D eigenvalue weighted by Crippen LogP contribution is 2.31. The maximum Gasteiger partial charge on any atom is 0.228 e. The van der Waals surface area contributed by atoms with Gasteiger partial charge in [-0.25, -0.2) is 0 Å². The lowest BCUT2D eigenvalue weighted by molar-refractivity contribution is -0.134. The van der Waals surface area contributed by atoms with Crippen LogP contribution in [-0.4, -0.2) is 36.3 Å². The van der Waals surface area contributed by atoms with Crippen molar-refractivity contribution in [2.75, 3.05) is 24.5 Å². The first-order valence-corrected chi connectivity index (χ1v) is 8.40. The summed E-state index contributed by atoms with van der Waals surface area (Å²) in [6.45, 7) is 1.90. The molecule has 5 heteroatoms. The molecule has 24 heavy (non-hydrogen) atoms. The van der Waals surface area contributed by atoms with Gasteiger partial charge in [-0.2, -0.15) is 0 Å². The van der Waals surface area contributed by atoms with Crippen molar-refractivity contribution in [3.05, 3.63) is 54.5 Å². The smallest absolute Gasteiger partial charge is 0.228 e. The van der Waals surface area contributed by atoms with Crippen LogP contribution in [0.5, 0.6) is 0 Å². The summed E-state index contributed by atoms with van der Waals surface area (Å²) in [6.07, 6.45) is 2.89. The van der Waals surface area contributed by atoms with Gasteiger partial charge in [-0.15, -0.1) is 0 Å². The van der Waals surface area contributed by atoms with Crippen molar-refractivity contribution in [3.8, 4) is 0 Å². The van der Waals surface area contributed by atoms with Crippen LogP contribution in [0.4, 0.5) is 5.69 Å². The average molecular weight is 324 g/mol. The van der Waals surface area contributed by atoms with E-state index in [0.717, 1.165) is 24.4 Å². The zero-order chi connectivity index (χ0) is 16.5. The third-order valence-electron chi connectivity index (χ3n) is 4.99. The molecule has 2 aromatic rings. The van der Waals surface area contributed by atoms with Gasteiger partial charge >= 0.3 is 0 Å². The minimum absolute atomic E-state index is 0.0290. The molecule has 2 saturated heterocycles. The zero-order valence-corrected chi connectivity index (χ0v) is 13.4. The van der Waals surface area contributed by atoms with Gasteiger partial charge < -0.3 is 14.2 Å². The van der Waals surface area contributed by atoms with Gasteiger partial charge in [0.05, 0.1) is 12.2 Å². The van der Waals surface area contributed by atoms with E-state index >= 15 is 0 Å². The molecular weight excluding hydrogens is 304 g/mol. The summed E-state index contributed by atoms with van der Waals surface area (Å²) < 4.78 is 5.46. The van der Waals surface area contributed by atoms with E-state index in [1.165, 1.54) is 0 Å². The minimum atomic E-state index is -0.243. The molecular formula is C19H20N2O3. The fourth-order valence-electron chi connectivity index (χ4n) is 3.70. The van der Waals surface area contributed by atoms with E-state index in [2.05, 4.69) is 0 Å². The van der Waals surface area contributed by atoms with Crippen molar-refractivity contribution in [2.45, 2.75) is 18.8 Å². The summed E-state index contributed by atoms with van der Waals surface area (Å²) in [7, 11) is 0. The molecule has 1 aromatic heterocycles. The van der Waals surface area contributed by atoms with Crippen LogP contribution in [0, 0.1) is 5.92 Å². The fourth-order valence-corrected chi connectivity index (χ4v) is 3.70. The Bertz CT molecular complexity index is 726. The van der Waals surface area contributed by atoms with E-state index in [1.54, 1.807) is 11.2 Å². The number of carbonyl (C=O) groups is 2. The van der Waals surface area contributed by atoms with E-state index in [4.69, 9.17) is 4.42 Å². The molecule has 0 bridgehead atoms. The Hall–Kier alpha value is -2.56. The van der Waals surface area contributed by atoms with Crippen molar-refractivity contribution in [1.82, 2.24) is 4.90 Å². The Labute approximate surface area is 140 Å². The lowest BCUT2D eigenvalue weighted by Gasteiger charge is -2.21. The molecule has 2 atom stereocenters. The summed E-state index contributed by atoms with van der Waals surface area (Å²) in [6, 6.07) is 13.4. The maximum absolute atomic E-state index is 12.8. The van der Waals surface area contributed by atoms with E-state index in [0.29, 0.717) is 19.5 Å². The number of anilines is 1. The van der Waals surface area contributed by atoms with Crippen LogP contribution in [0.2, 0.25) is 0 Å². The molecule has 1 aromatic carbocycles. The molecule has 2 aliphatic rings. The molecule has 124 valence electrons. The molecule has 3 heterocycles. The first kappa shape index (κ1) is 15.0. The van der Waals surface area contributed by atoms with Gasteiger partial charge in [0.25, 0.3) is 0 Å². The topological polar surface area (TPSA) is 53.8 Å². The number of likely N-dealkylation sites (tertiary alicyclic amines) is 1. The van der Waals surface area contributed by atoms with Gasteiger partial charge in [0.15, 0.2) is 0 Å². The predicted molar refractivity (Wildman–Crippen MR) is 89.5 cm³/mol. The van der Waals surface area contributed by atoms with Crippen molar-refractivity contribution < 1.29 is 14.0 Å². The van der Waals surface area contributed by atoms with E-state index < -0.39 is 0 Å². The number of amides is 2. The number of rotatable bonds is 3. The lowest BCUT2D eigenvalue weighted by atomic mass is 10.1. The molecule has 0 radical (unpaired) electrons. The number of nitrogens with zero attached hydrogens (tertiary/aromatic N) is 2. The Kier molecular flexibility index (Phi) is 3.84. The first-order chi connectivity index (χ1) is 11.7. The van der Waals surface area contributed by atoms with Gasteiger partial charge in [0.1, 0.15) is 5.76 Å². The highest BCUT2D eigenvalue weighted by Gasteiger charge is 2.39.